The van der Waals surface area contributed by atoms with Crippen LogP contribution in [-0.4, -0.2) is 78.3 Å². The highest BCUT2D eigenvalue weighted by Gasteiger charge is 2.38. The number of hydrazine groups is 1. The van der Waals surface area contributed by atoms with E-state index < -0.39 is 5.38 Å². The molecular weight excluding hydrogens is 318 g/mol. The highest BCUT2D eigenvalue weighted by molar-refractivity contribution is 6.31. The van der Waals surface area contributed by atoms with E-state index in [1.54, 1.807) is 0 Å². The number of rotatable bonds is 3. The number of nitrogens with zero attached hydrogens (tertiary/aromatic N) is 2. The fourth-order valence-electron chi connectivity index (χ4n) is 3.59. The summed E-state index contributed by atoms with van der Waals surface area (Å²) in [5.74, 6) is 0.634. The fraction of sp³-hybridized carbons (Fsp3) is 0.867. The molecule has 8 heteroatoms. The van der Waals surface area contributed by atoms with Crippen LogP contribution in [0.2, 0.25) is 0 Å². The molecule has 0 bridgehead atoms. The topological polar surface area (TPSA) is 76.7 Å². The lowest BCUT2D eigenvalue weighted by atomic mass is 9.96. The third-order valence-corrected chi connectivity index (χ3v) is 5.62. The van der Waals surface area contributed by atoms with Crippen molar-refractivity contribution >= 4 is 23.4 Å². The lowest BCUT2D eigenvalue weighted by molar-refractivity contribution is -0.139. The molecule has 4 unspecified atom stereocenters. The first kappa shape index (κ1) is 17.0. The standard InChI is InChI=1S/C15H26ClN5O2/c1-10-2-3-11(17-6-10)8-21-5-4-20(9-13(21)22)12-7-18-19-15(23)14(12)16/h10-12,14,17-18H,2-9H2,1H3,(H,19,23). The molecule has 7 nitrogen and oxygen atoms in total. The maximum atomic E-state index is 12.5. The zero-order chi connectivity index (χ0) is 16.4. The van der Waals surface area contributed by atoms with E-state index >= 15 is 0 Å². The zero-order valence-corrected chi connectivity index (χ0v) is 14.3. The van der Waals surface area contributed by atoms with E-state index in [1.165, 1.54) is 6.42 Å². The number of alkyl halides is 1. The van der Waals surface area contributed by atoms with Gasteiger partial charge in [-0.3, -0.25) is 19.9 Å². The summed E-state index contributed by atoms with van der Waals surface area (Å²) >= 11 is 6.19. The minimum Gasteiger partial charge on any atom is -0.339 e. The van der Waals surface area contributed by atoms with Gasteiger partial charge in [-0.05, 0) is 25.3 Å². The van der Waals surface area contributed by atoms with Crippen LogP contribution in [0.5, 0.6) is 0 Å². The van der Waals surface area contributed by atoms with Crippen LogP contribution in [0.3, 0.4) is 0 Å². The first-order valence-electron chi connectivity index (χ1n) is 8.46. The smallest absolute Gasteiger partial charge is 0.253 e. The van der Waals surface area contributed by atoms with Gasteiger partial charge in [0.25, 0.3) is 5.91 Å². The second-order valence-electron chi connectivity index (χ2n) is 6.94. The monoisotopic (exact) mass is 343 g/mol. The summed E-state index contributed by atoms with van der Waals surface area (Å²) in [5, 5.41) is 2.92. The Hall–Kier alpha value is -0.890. The minimum absolute atomic E-state index is 0.131. The predicted molar refractivity (Wildman–Crippen MR) is 87.9 cm³/mol. The van der Waals surface area contributed by atoms with Gasteiger partial charge in [0.2, 0.25) is 5.91 Å². The van der Waals surface area contributed by atoms with Crippen molar-refractivity contribution in [2.24, 2.45) is 5.92 Å². The second-order valence-corrected chi connectivity index (χ2v) is 7.41. The van der Waals surface area contributed by atoms with E-state index in [4.69, 9.17) is 11.6 Å². The van der Waals surface area contributed by atoms with Gasteiger partial charge in [-0.25, -0.2) is 5.43 Å². The molecule has 3 aliphatic heterocycles. The van der Waals surface area contributed by atoms with E-state index in [0.717, 1.165) is 32.0 Å². The lowest BCUT2D eigenvalue weighted by Crippen LogP contribution is -2.65. The SMILES string of the molecule is CC1CCC(CN2CCN(C3CNNC(=O)C3Cl)CC2=O)NC1. The van der Waals surface area contributed by atoms with Crippen molar-refractivity contribution in [3.63, 3.8) is 0 Å². The normalized spacial score (nSPS) is 36.9. The third-order valence-electron chi connectivity index (χ3n) is 5.13. The number of piperidine rings is 1. The number of hydrogen-bond donors (Lipinski definition) is 3. The van der Waals surface area contributed by atoms with E-state index in [0.29, 0.717) is 25.7 Å². The summed E-state index contributed by atoms with van der Waals surface area (Å²) in [7, 11) is 0. The van der Waals surface area contributed by atoms with Crippen molar-refractivity contribution < 1.29 is 9.59 Å². The van der Waals surface area contributed by atoms with Gasteiger partial charge in [-0.2, -0.15) is 0 Å². The van der Waals surface area contributed by atoms with E-state index in [9.17, 15) is 9.59 Å². The van der Waals surface area contributed by atoms with Crippen LogP contribution in [-0.2, 0) is 9.59 Å². The Labute approximate surface area is 142 Å². The Balaban J connectivity index is 1.51. The van der Waals surface area contributed by atoms with Gasteiger partial charge in [-0.1, -0.05) is 6.92 Å². The average Bonchev–Trinajstić information content (AvgIpc) is 2.54. The number of halogens is 1. The molecule has 3 N–H and O–H groups in total. The molecule has 2 amide bonds. The predicted octanol–water partition coefficient (Wildman–Crippen LogP) is -0.871. The summed E-state index contributed by atoms with van der Waals surface area (Å²) < 4.78 is 0. The summed E-state index contributed by atoms with van der Waals surface area (Å²) in [4.78, 5) is 28.1. The first-order chi connectivity index (χ1) is 11.0. The van der Waals surface area contributed by atoms with Crippen LogP contribution < -0.4 is 16.2 Å². The van der Waals surface area contributed by atoms with E-state index in [1.807, 2.05) is 9.80 Å². The largest absolute Gasteiger partial charge is 0.339 e. The molecule has 0 saturated carbocycles. The molecule has 3 rings (SSSR count). The van der Waals surface area contributed by atoms with Gasteiger partial charge < -0.3 is 10.2 Å². The summed E-state index contributed by atoms with van der Waals surface area (Å²) in [5.41, 5.74) is 5.37. The highest BCUT2D eigenvalue weighted by atomic mass is 35.5. The number of piperazine rings is 1. The quantitative estimate of drug-likeness (QED) is 0.581. The third kappa shape index (κ3) is 3.96. The summed E-state index contributed by atoms with van der Waals surface area (Å²) in [6.45, 7) is 6.44. The Morgan fingerprint density at radius 3 is 2.74 bits per heavy atom. The van der Waals surface area contributed by atoms with Gasteiger partial charge in [0.05, 0.1) is 6.54 Å². The Bertz CT molecular complexity index is 455. The van der Waals surface area contributed by atoms with Crippen LogP contribution in [0, 0.1) is 5.92 Å². The minimum atomic E-state index is -0.614. The highest BCUT2D eigenvalue weighted by Crippen LogP contribution is 2.18. The molecule has 0 aromatic heterocycles. The number of hydrogen-bond acceptors (Lipinski definition) is 5. The maximum absolute atomic E-state index is 12.5. The van der Waals surface area contributed by atoms with Gasteiger partial charge in [0.1, 0.15) is 5.38 Å². The van der Waals surface area contributed by atoms with Crippen molar-refractivity contribution in [2.75, 3.05) is 39.3 Å². The molecule has 0 aromatic carbocycles. The number of carbonyl (C=O) groups is 2. The van der Waals surface area contributed by atoms with Crippen molar-refractivity contribution in [3.05, 3.63) is 0 Å². The number of carbonyl (C=O) groups excluding carboxylic acids is 2. The molecule has 0 aliphatic carbocycles. The molecule has 0 radical (unpaired) electrons. The van der Waals surface area contributed by atoms with Crippen LogP contribution in [0.1, 0.15) is 19.8 Å². The molecule has 3 fully saturated rings. The van der Waals surface area contributed by atoms with E-state index in [-0.39, 0.29) is 17.9 Å². The summed E-state index contributed by atoms with van der Waals surface area (Å²) in [6, 6.07) is 0.273. The van der Waals surface area contributed by atoms with Gasteiger partial charge in [0, 0.05) is 38.3 Å². The Kier molecular flexibility index (Phi) is 5.41. The molecule has 130 valence electrons. The lowest BCUT2D eigenvalue weighted by Gasteiger charge is -2.42. The first-order valence-corrected chi connectivity index (χ1v) is 8.90. The number of amides is 2. The van der Waals surface area contributed by atoms with Gasteiger partial charge in [0.15, 0.2) is 0 Å². The van der Waals surface area contributed by atoms with Crippen LogP contribution in [0.25, 0.3) is 0 Å². The van der Waals surface area contributed by atoms with Crippen molar-refractivity contribution in [1.29, 1.82) is 0 Å². The van der Waals surface area contributed by atoms with Gasteiger partial charge >= 0.3 is 0 Å². The fourth-order valence-corrected chi connectivity index (χ4v) is 3.89. The molecule has 0 aromatic rings. The molecule has 4 atom stereocenters. The zero-order valence-electron chi connectivity index (χ0n) is 13.6. The Morgan fingerprint density at radius 2 is 2.04 bits per heavy atom. The van der Waals surface area contributed by atoms with Gasteiger partial charge in [-0.15, -0.1) is 11.6 Å². The molecule has 0 spiro atoms. The maximum Gasteiger partial charge on any atom is 0.253 e. The number of nitrogens with one attached hydrogen (secondary N) is 3. The van der Waals surface area contributed by atoms with Crippen LogP contribution >= 0.6 is 11.6 Å². The van der Waals surface area contributed by atoms with Crippen LogP contribution in [0.15, 0.2) is 0 Å². The molecule has 3 aliphatic rings. The van der Waals surface area contributed by atoms with Crippen molar-refractivity contribution in [1.82, 2.24) is 26.0 Å². The summed E-state index contributed by atoms with van der Waals surface area (Å²) in [6.07, 6.45) is 2.35. The second kappa shape index (κ2) is 7.34. The Morgan fingerprint density at radius 1 is 1.22 bits per heavy atom. The molecule has 23 heavy (non-hydrogen) atoms. The average molecular weight is 344 g/mol. The molecular formula is C15H26ClN5O2. The molecule has 3 saturated heterocycles. The van der Waals surface area contributed by atoms with Crippen LogP contribution in [0.4, 0.5) is 0 Å². The van der Waals surface area contributed by atoms with Crippen molar-refractivity contribution in [3.8, 4) is 0 Å². The van der Waals surface area contributed by atoms with E-state index in [2.05, 4.69) is 23.1 Å². The van der Waals surface area contributed by atoms with Crippen molar-refractivity contribution in [2.45, 2.75) is 37.2 Å². The molecule has 3 heterocycles.